The molecule has 0 aromatic carbocycles. The summed E-state index contributed by atoms with van der Waals surface area (Å²) in [5.41, 5.74) is 0. The van der Waals surface area contributed by atoms with E-state index in [4.69, 9.17) is 9.47 Å². The van der Waals surface area contributed by atoms with Gasteiger partial charge in [0.15, 0.2) is 0 Å². The number of hydrogen-bond acceptors (Lipinski definition) is 5. The van der Waals surface area contributed by atoms with Crippen LogP contribution in [-0.4, -0.2) is 74.6 Å². The first-order valence-electron chi connectivity index (χ1n) is 6.31. The van der Waals surface area contributed by atoms with Crippen molar-refractivity contribution >= 4 is 5.91 Å². The molecule has 0 aromatic heterocycles. The molecule has 1 saturated heterocycles. The normalized spacial score (nSPS) is 23.4. The van der Waals surface area contributed by atoms with Gasteiger partial charge in [0.1, 0.15) is 0 Å². The molecule has 0 radical (unpaired) electrons. The Hall–Kier alpha value is -0.690. The number of ether oxygens (including phenoxy) is 2. The fourth-order valence-corrected chi connectivity index (χ4v) is 1.91. The van der Waals surface area contributed by atoms with E-state index in [1.54, 1.807) is 19.1 Å². The van der Waals surface area contributed by atoms with Crippen LogP contribution in [0.3, 0.4) is 0 Å². The monoisotopic (exact) mass is 260 g/mol. The number of likely N-dealkylation sites (N-methyl/N-ethyl adjacent to an activating group) is 1. The van der Waals surface area contributed by atoms with Crippen molar-refractivity contribution in [3.63, 3.8) is 0 Å². The molecule has 6 nitrogen and oxygen atoms in total. The van der Waals surface area contributed by atoms with E-state index in [2.05, 4.69) is 5.32 Å². The summed E-state index contributed by atoms with van der Waals surface area (Å²) in [7, 11) is 3.40. The first kappa shape index (κ1) is 15.4. The number of aliphatic hydroxyl groups is 1. The van der Waals surface area contributed by atoms with Crippen LogP contribution in [-0.2, 0) is 14.3 Å². The van der Waals surface area contributed by atoms with Gasteiger partial charge < -0.3 is 24.8 Å². The summed E-state index contributed by atoms with van der Waals surface area (Å²) in [5.74, 6) is 0.0934. The zero-order chi connectivity index (χ0) is 13.5. The van der Waals surface area contributed by atoms with Gasteiger partial charge in [-0.2, -0.15) is 0 Å². The molecule has 6 heteroatoms. The van der Waals surface area contributed by atoms with Gasteiger partial charge in [0.05, 0.1) is 31.5 Å². The van der Waals surface area contributed by atoms with Crippen LogP contribution in [0, 0.1) is 0 Å². The number of aliphatic hydroxyl groups excluding tert-OH is 1. The second-order valence-corrected chi connectivity index (χ2v) is 4.76. The largest absolute Gasteiger partial charge is 0.389 e. The van der Waals surface area contributed by atoms with Crippen molar-refractivity contribution in [2.45, 2.75) is 31.6 Å². The van der Waals surface area contributed by atoms with Gasteiger partial charge in [0.2, 0.25) is 5.91 Å². The molecular formula is C12H24N2O4. The summed E-state index contributed by atoms with van der Waals surface area (Å²) >= 11 is 0. The average molecular weight is 260 g/mol. The molecule has 1 fully saturated rings. The van der Waals surface area contributed by atoms with E-state index in [1.807, 2.05) is 6.92 Å². The lowest BCUT2D eigenvalue weighted by atomic mass is 10.2. The molecule has 2 N–H and O–H groups in total. The molecule has 3 atom stereocenters. The Morgan fingerprint density at radius 3 is 2.83 bits per heavy atom. The Kier molecular flexibility index (Phi) is 6.56. The average Bonchev–Trinajstić information content (AvgIpc) is 2.65. The fourth-order valence-electron chi connectivity index (χ4n) is 1.91. The lowest BCUT2D eigenvalue weighted by Gasteiger charge is -2.18. The molecular weight excluding hydrogens is 236 g/mol. The number of nitrogens with zero attached hydrogens (tertiary/aromatic N) is 1. The molecule has 0 aromatic rings. The minimum atomic E-state index is -0.608. The van der Waals surface area contributed by atoms with Crippen molar-refractivity contribution in [3.8, 4) is 0 Å². The van der Waals surface area contributed by atoms with Crippen LogP contribution in [0.4, 0.5) is 0 Å². The van der Waals surface area contributed by atoms with Gasteiger partial charge in [-0.05, 0) is 13.3 Å². The second-order valence-electron chi connectivity index (χ2n) is 4.76. The van der Waals surface area contributed by atoms with E-state index in [1.165, 1.54) is 0 Å². The number of amides is 1. The predicted octanol–water partition coefficient (Wildman–Crippen LogP) is -0.781. The highest BCUT2D eigenvalue weighted by Gasteiger charge is 2.28. The van der Waals surface area contributed by atoms with Gasteiger partial charge in [-0.15, -0.1) is 0 Å². The molecule has 1 aliphatic rings. The SMILES string of the molecule is COCC(C)OCC(O)CNC1CCN(C)C1=O. The third-order valence-corrected chi connectivity index (χ3v) is 3.00. The molecule has 0 aliphatic carbocycles. The molecule has 3 unspecified atom stereocenters. The van der Waals surface area contributed by atoms with E-state index in [0.29, 0.717) is 13.2 Å². The van der Waals surface area contributed by atoms with E-state index in [0.717, 1.165) is 13.0 Å². The predicted molar refractivity (Wildman–Crippen MR) is 67.3 cm³/mol. The van der Waals surface area contributed by atoms with Crippen LogP contribution in [0.2, 0.25) is 0 Å². The van der Waals surface area contributed by atoms with Crippen molar-refractivity contribution < 1.29 is 19.4 Å². The molecule has 1 amide bonds. The van der Waals surface area contributed by atoms with Gasteiger partial charge in [-0.3, -0.25) is 4.79 Å². The number of methoxy groups -OCH3 is 1. The quantitative estimate of drug-likeness (QED) is 0.599. The van der Waals surface area contributed by atoms with Crippen molar-refractivity contribution in [2.24, 2.45) is 0 Å². The van der Waals surface area contributed by atoms with Crippen LogP contribution in [0.5, 0.6) is 0 Å². The third-order valence-electron chi connectivity index (χ3n) is 3.00. The molecule has 1 aliphatic heterocycles. The Labute approximate surface area is 108 Å². The van der Waals surface area contributed by atoms with Crippen molar-refractivity contribution in [2.75, 3.05) is 40.5 Å². The van der Waals surface area contributed by atoms with Crippen molar-refractivity contribution in [1.82, 2.24) is 10.2 Å². The van der Waals surface area contributed by atoms with Gasteiger partial charge in [0.25, 0.3) is 0 Å². The van der Waals surface area contributed by atoms with Crippen LogP contribution in [0.15, 0.2) is 0 Å². The van der Waals surface area contributed by atoms with E-state index < -0.39 is 6.10 Å². The molecule has 1 heterocycles. The van der Waals surface area contributed by atoms with Crippen molar-refractivity contribution in [3.05, 3.63) is 0 Å². The number of carbonyl (C=O) groups is 1. The highest BCUT2D eigenvalue weighted by Crippen LogP contribution is 2.08. The van der Waals surface area contributed by atoms with Crippen LogP contribution in [0.25, 0.3) is 0 Å². The van der Waals surface area contributed by atoms with Gasteiger partial charge in [-0.25, -0.2) is 0 Å². The van der Waals surface area contributed by atoms with Crippen LogP contribution < -0.4 is 5.32 Å². The minimum Gasteiger partial charge on any atom is -0.389 e. The smallest absolute Gasteiger partial charge is 0.239 e. The second kappa shape index (κ2) is 7.68. The zero-order valence-corrected chi connectivity index (χ0v) is 11.4. The highest BCUT2D eigenvalue weighted by molar-refractivity contribution is 5.83. The zero-order valence-electron chi connectivity index (χ0n) is 11.4. The number of nitrogens with one attached hydrogen (secondary N) is 1. The first-order chi connectivity index (χ1) is 8.54. The van der Waals surface area contributed by atoms with Crippen LogP contribution in [0.1, 0.15) is 13.3 Å². The molecule has 0 spiro atoms. The Morgan fingerprint density at radius 1 is 1.56 bits per heavy atom. The first-order valence-corrected chi connectivity index (χ1v) is 6.31. The molecule has 0 saturated carbocycles. The number of rotatable bonds is 8. The molecule has 106 valence electrons. The lowest BCUT2D eigenvalue weighted by molar-refractivity contribution is -0.128. The maximum Gasteiger partial charge on any atom is 0.239 e. The number of carbonyl (C=O) groups excluding carboxylic acids is 1. The Bertz CT molecular complexity index is 262. The maximum absolute atomic E-state index is 11.6. The Morgan fingerprint density at radius 2 is 2.28 bits per heavy atom. The molecule has 18 heavy (non-hydrogen) atoms. The van der Waals surface area contributed by atoms with Gasteiger partial charge >= 0.3 is 0 Å². The fraction of sp³-hybridized carbons (Fsp3) is 0.917. The number of likely N-dealkylation sites (tertiary alicyclic amines) is 1. The summed E-state index contributed by atoms with van der Waals surface area (Å²) < 4.78 is 10.3. The van der Waals surface area contributed by atoms with E-state index >= 15 is 0 Å². The van der Waals surface area contributed by atoms with E-state index in [-0.39, 0.29) is 24.7 Å². The summed E-state index contributed by atoms with van der Waals surface area (Å²) in [6.07, 6.45) is 0.148. The third kappa shape index (κ3) is 4.89. The minimum absolute atomic E-state index is 0.0381. The highest BCUT2D eigenvalue weighted by atomic mass is 16.5. The van der Waals surface area contributed by atoms with Gasteiger partial charge in [0, 0.05) is 27.2 Å². The maximum atomic E-state index is 11.6. The van der Waals surface area contributed by atoms with Crippen LogP contribution >= 0.6 is 0 Å². The topological polar surface area (TPSA) is 71.0 Å². The lowest BCUT2D eigenvalue weighted by Crippen LogP contribution is -2.42. The standard InChI is InChI=1S/C12H24N2O4/c1-9(7-17-3)18-8-10(15)6-13-11-4-5-14(2)12(11)16/h9-11,13,15H,4-8H2,1-3H3. The van der Waals surface area contributed by atoms with Gasteiger partial charge in [-0.1, -0.05) is 0 Å². The molecule has 1 rings (SSSR count). The summed E-state index contributed by atoms with van der Waals surface area (Å²) in [4.78, 5) is 13.3. The van der Waals surface area contributed by atoms with E-state index in [9.17, 15) is 9.90 Å². The number of hydrogen-bond donors (Lipinski definition) is 2. The summed E-state index contributed by atoms with van der Waals surface area (Å²) in [6.45, 7) is 3.78. The summed E-state index contributed by atoms with van der Waals surface area (Å²) in [6, 6.07) is -0.166. The molecule has 0 bridgehead atoms. The summed E-state index contributed by atoms with van der Waals surface area (Å²) in [5, 5.41) is 12.8. The Balaban J connectivity index is 2.13. The van der Waals surface area contributed by atoms with Crippen molar-refractivity contribution in [1.29, 1.82) is 0 Å².